The molecule has 0 saturated heterocycles. The fourth-order valence-electron chi connectivity index (χ4n) is 1.92. The highest BCUT2D eigenvalue weighted by atomic mass is 32.1. The van der Waals surface area contributed by atoms with Gasteiger partial charge in [-0.05, 0) is 67.7 Å². The van der Waals surface area contributed by atoms with E-state index in [9.17, 15) is 9.59 Å². The average Bonchev–Trinajstić information content (AvgIpc) is 2.55. The number of ketones is 2. The molecule has 2 aromatic rings. The summed E-state index contributed by atoms with van der Waals surface area (Å²) in [5, 5.41) is 2.28. The van der Waals surface area contributed by atoms with E-state index < -0.39 is 0 Å². The summed E-state index contributed by atoms with van der Waals surface area (Å²) >= 11 is 4.54. The Balaban J connectivity index is 2.04. The molecule has 0 N–H and O–H groups in total. The normalized spacial score (nSPS) is 9.78. The van der Waals surface area contributed by atoms with Gasteiger partial charge in [-0.2, -0.15) is 4.99 Å². The first kappa shape index (κ1) is 16.7. The molecule has 0 aromatic heterocycles. The van der Waals surface area contributed by atoms with Gasteiger partial charge in [0.15, 0.2) is 5.78 Å². The van der Waals surface area contributed by atoms with Crippen LogP contribution in [0.1, 0.15) is 29.3 Å². The van der Waals surface area contributed by atoms with Gasteiger partial charge < -0.3 is 4.74 Å². The predicted octanol–water partition coefficient (Wildman–Crippen LogP) is 4.01. The van der Waals surface area contributed by atoms with Crippen LogP contribution >= 0.6 is 12.2 Å². The van der Waals surface area contributed by atoms with Crippen LogP contribution in [0, 0.1) is 0 Å². The number of carbonyl (C=O) groups is 2. The summed E-state index contributed by atoms with van der Waals surface area (Å²) < 4.78 is 5.44. The second kappa shape index (κ2) is 8.13. The maximum Gasteiger partial charge on any atom is 0.193 e. The van der Waals surface area contributed by atoms with Crippen molar-refractivity contribution in [2.75, 3.05) is 6.61 Å². The first-order chi connectivity index (χ1) is 11.1. The first-order valence-corrected chi connectivity index (χ1v) is 7.46. The highest BCUT2D eigenvalue weighted by Crippen LogP contribution is 2.18. The molecular weight excluding hydrogens is 310 g/mol. The molecule has 0 radical (unpaired) electrons. The molecule has 2 rings (SSSR count). The fraction of sp³-hybridized carbons (Fsp3) is 0.167. The number of Topliss-reactive ketones (excluding diaryl/α,β-unsaturated/α-hetero) is 1. The van der Waals surface area contributed by atoms with Gasteiger partial charge in [-0.3, -0.25) is 9.59 Å². The van der Waals surface area contributed by atoms with E-state index in [0.29, 0.717) is 35.6 Å². The molecule has 0 aliphatic heterocycles. The lowest BCUT2D eigenvalue weighted by Gasteiger charge is -2.06. The van der Waals surface area contributed by atoms with Crippen molar-refractivity contribution in [3.8, 4) is 5.75 Å². The molecule has 0 fully saturated rings. The number of thiocarbonyl (C=S) groups is 1. The molecule has 0 atom stereocenters. The Morgan fingerprint density at radius 3 is 2.13 bits per heavy atom. The lowest BCUT2D eigenvalue weighted by Crippen LogP contribution is -2.04. The topological polar surface area (TPSA) is 55.7 Å². The Bertz CT molecular complexity index is 745. The molecule has 4 nitrogen and oxygen atoms in total. The molecule has 0 bridgehead atoms. The third-order valence-electron chi connectivity index (χ3n) is 3.14. The van der Waals surface area contributed by atoms with Crippen molar-refractivity contribution in [3.05, 3.63) is 59.7 Å². The van der Waals surface area contributed by atoms with Crippen LogP contribution in [-0.4, -0.2) is 23.3 Å². The molecule has 0 spiro atoms. The zero-order valence-corrected chi connectivity index (χ0v) is 13.4. The van der Waals surface area contributed by atoms with Gasteiger partial charge in [0.2, 0.25) is 0 Å². The molecule has 23 heavy (non-hydrogen) atoms. The van der Waals surface area contributed by atoms with Crippen LogP contribution in [0.2, 0.25) is 0 Å². The minimum absolute atomic E-state index is 0.0817. The molecule has 5 heteroatoms. The maximum absolute atomic E-state index is 12.4. The number of hydrogen-bond acceptors (Lipinski definition) is 5. The number of aliphatic imine (C=N–C) groups is 1. The highest BCUT2D eigenvalue weighted by molar-refractivity contribution is 7.78. The number of carbonyl (C=O) groups excluding carboxylic acids is 2. The van der Waals surface area contributed by atoms with Gasteiger partial charge in [-0.15, -0.1) is 0 Å². The number of benzene rings is 2. The van der Waals surface area contributed by atoms with Crippen molar-refractivity contribution >= 4 is 34.6 Å². The Labute approximate surface area is 139 Å². The summed E-state index contributed by atoms with van der Waals surface area (Å²) in [6, 6.07) is 13.7. The van der Waals surface area contributed by atoms with E-state index in [1.165, 1.54) is 6.92 Å². The van der Waals surface area contributed by atoms with Crippen LogP contribution < -0.4 is 4.74 Å². The predicted molar refractivity (Wildman–Crippen MR) is 91.8 cm³/mol. The molecule has 0 unspecified atom stereocenters. The van der Waals surface area contributed by atoms with Crippen molar-refractivity contribution in [1.29, 1.82) is 0 Å². The number of nitrogens with zero attached hydrogens (tertiary/aromatic N) is 1. The van der Waals surface area contributed by atoms with Crippen molar-refractivity contribution in [2.24, 2.45) is 4.99 Å². The maximum atomic E-state index is 12.4. The fourth-order valence-corrected chi connectivity index (χ4v) is 2.03. The Morgan fingerprint density at radius 1 is 1.04 bits per heavy atom. The second-order valence-electron chi connectivity index (χ2n) is 4.90. The highest BCUT2D eigenvalue weighted by Gasteiger charge is 2.09. The number of ether oxygens (including phenoxy) is 1. The third kappa shape index (κ3) is 4.95. The van der Waals surface area contributed by atoms with E-state index in [-0.39, 0.29) is 11.6 Å². The molecule has 2 aromatic carbocycles. The van der Waals surface area contributed by atoms with Crippen molar-refractivity contribution < 1.29 is 14.3 Å². The van der Waals surface area contributed by atoms with E-state index >= 15 is 0 Å². The molecule has 116 valence electrons. The van der Waals surface area contributed by atoms with Crippen molar-refractivity contribution in [1.82, 2.24) is 0 Å². The lowest BCUT2D eigenvalue weighted by molar-refractivity contribution is -0.117. The van der Waals surface area contributed by atoms with Gasteiger partial charge >= 0.3 is 0 Å². The monoisotopic (exact) mass is 325 g/mol. The summed E-state index contributed by atoms with van der Waals surface area (Å²) in [5.41, 5.74) is 1.79. The molecule has 0 aliphatic rings. The van der Waals surface area contributed by atoms with Gasteiger partial charge in [-0.25, -0.2) is 0 Å². The zero-order chi connectivity index (χ0) is 16.7. The third-order valence-corrected chi connectivity index (χ3v) is 3.23. The van der Waals surface area contributed by atoms with Crippen LogP contribution in [-0.2, 0) is 4.79 Å². The Kier molecular flexibility index (Phi) is 5.92. The van der Waals surface area contributed by atoms with Crippen LogP contribution in [0.15, 0.2) is 53.5 Å². The van der Waals surface area contributed by atoms with Gasteiger partial charge in [0.1, 0.15) is 11.5 Å². The van der Waals surface area contributed by atoms with E-state index in [4.69, 9.17) is 4.74 Å². The first-order valence-electron chi connectivity index (χ1n) is 7.05. The van der Waals surface area contributed by atoms with E-state index in [1.54, 1.807) is 48.5 Å². The van der Waals surface area contributed by atoms with E-state index in [0.717, 1.165) is 0 Å². The van der Waals surface area contributed by atoms with Gasteiger partial charge in [0, 0.05) is 17.5 Å². The number of hydrogen-bond donors (Lipinski definition) is 0. The summed E-state index contributed by atoms with van der Waals surface area (Å²) in [6.07, 6.45) is 0.372. The average molecular weight is 325 g/mol. The van der Waals surface area contributed by atoms with Crippen LogP contribution in [0.5, 0.6) is 5.75 Å². The largest absolute Gasteiger partial charge is 0.493 e. The molecule has 0 aliphatic carbocycles. The second-order valence-corrected chi connectivity index (χ2v) is 5.09. The van der Waals surface area contributed by atoms with Crippen molar-refractivity contribution in [3.63, 3.8) is 0 Å². The van der Waals surface area contributed by atoms with Crippen LogP contribution in [0.25, 0.3) is 0 Å². The minimum Gasteiger partial charge on any atom is -0.493 e. The summed E-state index contributed by atoms with van der Waals surface area (Å²) in [5.74, 6) is 0.629. The standard InChI is InChI=1S/C18H15NO3S/c1-13(20)10-11-22-17-8-4-15(5-9-17)18(21)14-2-6-16(7-3-14)19-12-23/h2-9H,10-11H2,1H3. The molecule has 0 heterocycles. The summed E-state index contributed by atoms with van der Waals surface area (Å²) in [7, 11) is 0. The summed E-state index contributed by atoms with van der Waals surface area (Å²) in [6.45, 7) is 1.86. The van der Waals surface area contributed by atoms with Crippen LogP contribution in [0.4, 0.5) is 5.69 Å². The number of isothiocyanates is 1. The van der Waals surface area contributed by atoms with Gasteiger partial charge in [0.05, 0.1) is 17.5 Å². The quantitative estimate of drug-likeness (QED) is 0.438. The van der Waals surface area contributed by atoms with Gasteiger partial charge in [0.25, 0.3) is 0 Å². The minimum atomic E-state index is -0.0850. The van der Waals surface area contributed by atoms with Crippen molar-refractivity contribution in [2.45, 2.75) is 13.3 Å². The summed E-state index contributed by atoms with van der Waals surface area (Å²) in [4.78, 5) is 27.1. The van der Waals surface area contributed by atoms with E-state index in [2.05, 4.69) is 22.4 Å². The van der Waals surface area contributed by atoms with Gasteiger partial charge in [-0.1, -0.05) is 0 Å². The zero-order valence-electron chi connectivity index (χ0n) is 12.6. The molecule has 0 saturated carbocycles. The molecular formula is C18H15NO3S. The Hall–Kier alpha value is -2.62. The molecule has 0 amide bonds. The SMILES string of the molecule is CC(=O)CCOc1ccc(C(=O)c2ccc(N=C=S)cc2)cc1. The van der Waals surface area contributed by atoms with E-state index in [1.807, 2.05) is 0 Å². The Morgan fingerprint density at radius 2 is 1.61 bits per heavy atom. The van der Waals surface area contributed by atoms with Crippen LogP contribution in [0.3, 0.4) is 0 Å². The number of rotatable bonds is 7. The lowest BCUT2D eigenvalue weighted by atomic mass is 10.0. The smallest absolute Gasteiger partial charge is 0.193 e.